The summed E-state index contributed by atoms with van der Waals surface area (Å²) in [6, 6.07) is -2.12. The molecule has 11 heteroatoms. The average Bonchev–Trinajstić information content (AvgIpc) is 2.52. The van der Waals surface area contributed by atoms with E-state index in [2.05, 4.69) is 0 Å². The van der Waals surface area contributed by atoms with Gasteiger partial charge in [-0.1, -0.05) is 11.8 Å². The maximum absolute atomic E-state index is 13.6. The molecule has 0 fully saturated rings. The van der Waals surface area contributed by atoms with Gasteiger partial charge in [-0.2, -0.15) is 13.2 Å². The molecule has 0 aliphatic rings. The number of nitrogens with one attached hydrogen (secondary N) is 1. The predicted molar refractivity (Wildman–Crippen MR) is 111 cm³/mol. The number of carbonyl (C=O) groups is 1. The standard InChI is InChI=1S/C18H32F3NO5S2/c1-7-24-14(25-8-2)11-12(29-16(28)26-9-3)10-13(18(19,20)21)22-15(23)27-17(4,5)6/h12-14H,7-11H2,1-6H3,(H,22,23). The predicted octanol–water partition coefficient (Wildman–Crippen LogP) is 5.04. The second kappa shape index (κ2) is 13.5. The lowest BCUT2D eigenvalue weighted by molar-refractivity contribution is -0.160. The molecular weight excluding hydrogens is 431 g/mol. The van der Waals surface area contributed by atoms with E-state index in [-0.39, 0.29) is 10.8 Å². The minimum absolute atomic E-state index is 0.127. The number of halogens is 3. The van der Waals surface area contributed by atoms with Crippen molar-refractivity contribution in [3.8, 4) is 0 Å². The quantitative estimate of drug-likeness (QED) is 0.340. The molecule has 0 heterocycles. The number of alkyl halides is 3. The number of hydrogen-bond donors (Lipinski definition) is 1. The summed E-state index contributed by atoms with van der Waals surface area (Å²) in [6.45, 7) is 11.0. The number of amides is 1. The highest BCUT2D eigenvalue weighted by molar-refractivity contribution is 8.23. The van der Waals surface area contributed by atoms with Gasteiger partial charge >= 0.3 is 12.3 Å². The van der Waals surface area contributed by atoms with E-state index in [1.165, 1.54) is 0 Å². The van der Waals surface area contributed by atoms with Crippen LogP contribution in [0.25, 0.3) is 0 Å². The van der Waals surface area contributed by atoms with Crippen molar-refractivity contribution in [3.63, 3.8) is 0 Å². The Bertz CT molecular complexity index is 495. The highest BCUT2D eigenvalue weighted by Crippen LogP contribution is 2.31. The largest absolute Gasteiger partial charge is 0.479 e. The van der Waals surface area contributed by atoms with Crippen molar-refractivity contribution < 1.29 is 36.9 Å². The molecule has 0 aliphatic carbocycles. The number of rotatable bonds is 11. The Balaban J connectivity index is 5.38. The Hall–Kier alpha value is -0.780. The lowest BCUT2D eigenvalue weighted by Gasteiger charge is -2.29. The molecule has 0 spiro atoms. The van der Waals surface area contributed by atoms with Crippen LogP contribution in [0.4, 0.5) is 18.0 Å². The number of hydrogen-bond acceptors (Lipinski definition) is 7. The van der Waals surface area contributed by atoms with Crippen LogP contribution in [0.5, 0.6) is 0 Å². The molecular formula is C18H32F3NO5S2. The van der Waals surface area contributed by atoms with Crippen LogP contribution in [0, 0.1) is 0 Å². The fourth-order valence-corrected chi connectivity index (χ4v) is 3.76. The molecule has 0 saturated carbocycles. The second-order valence-electron chi connectivity index (χ2n) is 6.97. The van der Waals surface area contributed by atoms with Crippen LogP contribution in [0.15, 0.2) is 0 Å². The Morgan fingerprint density at radius 1 is 1.03 bits per heavy atom. The molecule has 0 aromatic heterocycles. The van der Waals surface area contributed by atoms with Gasteiger partial charge in [-0.15, -0.1) is 0 Å². The average molecular weight is 464 g/mol. The zero-order chi connectivity index (χ0) is 22.7. The van der Waals surface area contributed by atoms with Gasteiger partial charge in [0.15, 0.2) is 6.29 Å². The monoisotopic (exact) mass is 463 g/mol. The third kappa shape index (κ3) is 14.0. The van der Waals surface area contributed by atoms with E-state index in [4.69, 9.17) is 31.2 Å². The molecule has 2 unspecified atom stereocenters. The molecule has 1 N–H and O–H groups in total. The van der Waals surface area contributed by atoms with Gasteiger partial charge in [-0.25, -0.2) is 4.79 Å². The minimum Gasteiger partial charge on any atom is -0.479 e. The van der Waals surface area contributed by atoms with E-state index in [0.717, 1.165) is 11.8 Å². The summed E-state index contributed by atoms with van der Waals surface area (Å²) in [4.78, 5) is 11.9. The van der Waals surface area contributed by atoms with Crippen molar-refractivity contribution in [2.45, 2.75) is 83.7 Å². The van der Waals surface area contributed by atoms with Crippen molar-refractivity contribution in [1.29, 1.82) is 0 Å². The summed E-state index contributed by atoms with van der Waals surface area (Å²) in [7, 11) is 0. The van der Waals surface area contributed by atoms with Crippen LogP contribution >= 0.6 is 24.0 Å². The first-order valence-electron chi connectivity index (χ1n) is 9.45. The van der Waals surface area contributed by atoms with Gasteiger partial charge < -0.3 is 24.3 Å². The minimum atomic E-state index is -4.67. The molecule has 0 saturated heterocycles. The molecule has 172 valence electrons. The van der Waals surface area contributed by atoms with Gasteiger partial charge in [0.05, 0.1) is 6.61 Å². The number of carbonyl (C=O) groups excluding carboxylic acids is 1. The maximum atomic E-state index is 13.6. The van der Waals surface area contributed by atoms with Crippen molar-refractivity contribution in [2.75, 3.05) is 19.8 Å². The van der Waals surface area contributed by atoms with Crippen LogP contribution in [-0.2, 0) is 18.9 Å². The van der Waals surface area contributed by atoms with Crippen molar-refractivity contribution >= 4 is 34.5 Å². The maximum Gasteiger partial charge on any atom is 0.408 e. The third-order valence-electron chi connectivity index (χ3n) is 3.27. The van der Waals surface area contributed by atoms with Crippen molar-refractivity contribution in [1.82, 2.24) is 5.32 Å². The molecule has 2 atom stereocenters. The molecule has 0 rings (SSSR count). The van der Waals surface area contributed by atoms with Crippen LogP contribution < -0.4 is 5.32 Å². The highest BCUT2D eigenvalue weighted by atomic mass is 32.2. The number of ether oxygens (including phenoxy) is 4. The first-order chi connectivity index (χ1) is 13.3. The van der Waals surface area contributed by atoms with Crippen molar-refractivity contribution in [3.05, 3.63) is 0 Å². The fraction of sp³-hybridized carbons (Fsp3) is 0.889. The molecule has 0 radical (unpaired) electrons. The van der Waals surface area contributed by atoms with Crippen molar-refractivity contribution in [2.24, 2.45) is 0 Å². The SMILES string of the molecule is CCOC(=S)SC(CC(OCC)OCC)CC(NC(=O)OC(C)(C)C)C(F)(F)F. The van der Waals surface area contributed by atoms with E-state index < -0.39 is 41.9 Å². The molecule has 0 bridgehead atoms. The zero-order valence-corrected chi connectivity index (χ0v) is 19.4. The Labute approximate surface area is 180 Å². The van der Waals surface area contributed by atoms with Crippen LogP contribution in [0.1, 0.15) is 54.4 Å². The van der Waals surface area contributed by atoms with Gasteiger partial charge in [0.25, 0.3) is 0 Å². The second-order valence-corrected chi connectivity index (χ2v) is 8.88. The molecule has 0 aromatic carbocycles. The summed E-state index contributed by atoms with van der Waals surface area (Å²) in [5.74, 6) is 0. The summed E-state index contributed by atoms with van der Waals surface area (Å²) in [5.41, 5.74) is -0.917. The van der Waals surface area contributed by atoms with E-state index in [1.54, 1.807) is 41.5 Å². The van der Waals surface area contributed by atoms with Gasteiger partial charge in [-0.3, -0.25) is 0 Å². The van der Waals surface area contributed by atoms with Gasteiger partial charge in [0.2, 0.25) is 4.38 Å². The van der Waals surface area contributed by atoms with E-state index in [0.29, 0.717) is 19.8 Å². The molecule has 1 amide bonds. The number of thioether (sulfide) groups is 1. The van der Waals surface area contributed by atoms with Gasteiger partial charge in [0.1, 0.15) is 11.6 Å². The van der Waals surface area contributed by atoms with Gasteiger partial charge in [0, 0.05) is 24.9 Å². The first-order valence-corrected chi connectivity index (χ1v) is 10.7. The Kier molecular flexibility index (Phi) is 13.1. The zero-order valence-electron chi connectivity index (χ0n) is 17.8. The smallest absolute Gasteiger partial charge is 0.408 e. The van der Waals surface area contributed by atoms with Crippen LogP contribution in [-0.4, -0.2) is 59.7 Å². The highest BCUT2D eigenvalue weighted by Gasteiger charge is 2.43. The summed E-state index contributed by atoms with van der Waals surface area (Å²) in [6.07, 6.45) is -6.81. The summed E-state index contributed by atoms with van der Waals surface area (Å²) < 4.78 is 62.0. The first kappa shape index (κ1) is 28.2. The summed E-state index contributed by atoms with van der Waals surface area (Å²) >= 11 is 6.07. The third-order valence-corrected chi connectivity index (χ3v) is 4.71. The number of alkyl carbamates (subject to hydrolysis) is 1. The Morgan fingerprint density at radius 2 is 1.59 bits per heavy atom. The topological polar surface area (TPSA) is 66.0 Å². The lowest BCUT2D eigenvalue weighted by atomic mass is 10.1. The normalized spacial score (nSPS) is 14.4. The Morgan fingerprint density at radius 3 is 2.00 bits per heavy atom. The van der Waals surface area contributed by atoms with E-state index in [1.807, 2.05) is 5.32 Å². The van der Waals surface area contributed by atoms with Crippen LogP contribution in [0.2, 0.25) is 0 Å². The molecule has 0 aromatic rings. The summed E-state index contributed by atoms with van der Waals surface area (Å²) in [5, 5.41) is 1.25. The van der Waals surface area contributed by atoms with E-state index in [9.17, 15) is 18.0 Å². The number of thiocarbonyl (C=S) groups is 1. The molecule has 6 nitrogen and oxygen atoms in total. The lowest BCUT2D eigenvalue weighted by Crippen LogP contribution is -2.48. The van der Waals surface area contributed by atoms with Crippen LogP contribution in [0.3, 0.4) is 0 Å². The fourth-order valence-electron chi connectivity index (χ4n) is 2.24. The molecule has 29 heavy (non-hydrogen) atoms. The van der Waals surface area contributed by atoms with Gasteiger partial charge in [-0.05, 0) is 60.2 Å². The molecule has 0 aliphatic heterocycles. The van der Waals surface area contributed by atoms with E-state index >= 15 is 0 Å².